The summed E-state index contributed by atoms with van der Waals surface area (Å²) < 4.78 is 20.7. The number of anilines is 2. The molecule has 7 nitrogen and oxygen atoms in total. The van der Waals surface area contributed by atoms with E-state index in [0.29, 0.717) is 17.2 Å². The zero-order valence-electron chi connectivity index (χ0n) is 12.6. The number of hydrogen-bond acceptors (Lipinski definition) is 5. The van der Waals surface area contributed by atoms with Crippen molar-refractivity contribution in [3.63, 3.8) is 0 Å². The second-order valence-corrected chi connectivity index (χ2v) is 5.66. The molecule has 122 valence electrons. The zero-order valence-corrected chi connectivity index (χ0v) is 12.6. The SMILES string of the molecule is Nc1ccc(Oc2ccc3nc(NC(=O)C4CC4)cn3n2)c(F)c1. The summed E-state index contributed by atoms with van der Waals surface area (Å²) in [4.78, 5) is 16.0. The molecule has 2 heterocycles. The van der Waals surface area contributed by atoms with E-state index in [-0.39, 0.29) is 23.5 Å². The Morgan fingerprint density at radius 2 is 2.17 bits per heavy atom. The minimum Gasteiger partial charge on any atom is -0.434 e. The molecule has 0 saturated heterocycles. The smallest absolute Gasteiger partial charge is 0.237 e. The van der Waals surface area contributed by atoms with Crippen LogP contribution in [0, 0.1) is 11.7 Å². The normalized spacial score (nSPS) is 13.9. The largest absolute Gasteiger partial charge is 0.434 e. The van der Waals surface area contributed by atoms with Gasteiger partial charge in [0.05, 0.1) is 6.20 Å². The molecule has 2 aromatic heterocycles. The van der Waals surface area contributed by atoms with Gasteiger partial charge in [-0.2, -0.15) is 0 Å². The van der Waals surface area contributed by atoms with Crippen LogP contribution < -0.4 is 15.8 Å². The molecule has 0 aliphatic heterocycles. The van der Waals surface area contributed by atoms with Crippen LogP contribution >= 0.6 is 0 Å². The molecular formula is C16H14FN5O2. The zero-order chi connectivity index (χ0) is 16.7. The molecular weight excluding hydrogens is 313 g/mol. The lowest BCUT2D eigenvalue weighted by Crippen LogP contribution is -2.13. The number of nitrogens with zero attached hydrogens (tertiary/aromatic N) is 3. The summed E-state index contributed by atoms with van der Waals surface area (Å²) >= 11 is 0. The summed E-state index contributed by atoms with van der Waals surface area (Å²) in [5.41, 5.74) is 6.37. The van der Waals surface area contributed by atoms with E-state index in [1.165, 1.54) is 16.6 Å². The van der Waals surface area contributed by atoms with E-state index in [1.54, 1.807) is 24.4 Å². The molecule has 1 aromatic carbocycles. The highest BCUT2D eigenvalue weighted by Crippen LogP contribution is 2.30. The highest BCUT2D eigenvalue weighted by molar-refractivity contribution is 5.93. The van der Waals surface area contributed by atoms with Gasteiger partial charge in [-0.25, -0.2) is 13.9 Å². The Bertz CT molecular complexity index is 935. The number of nitrogens with one attached hydrogen (secondary N) is 1. The summed E-state index contributed by atoms with van der Waals surface area (Å²) in [7, 11) is 0. The highest BCUT2D eigenvalue weighted by atomic mass is 19.1. The molecule has 0 bridgehead atoms. The topological polar surface area (TPSA) is 94.5 Å². The van der Waals surface area contributed by atoms with Crippen LogP contribution in [0.4, 0.5) is 15.9 Å². The van der Waals surface area contributed by atoms with Crippen molar-refractivity contribution in [2.75, 3.05) is 11.1 Å². The van der Waals surface area contributed by atoms with E-state index in [2.05, 4.69) is 15.4 Å². The Hall–Kier alpha value is -3.16. The fraction of sp³-hybridized carbons (Fsp3) is 0.188. The Balaban J connectivity index is 1.57. The fourth-order valence-corrected chi connectivity index (χ4v) is 2.27. The standard InChI is InChI=1S/C16H14FN5O2/c17-11-7-10(18)3-4-12(11)24-15-6-5-14-19-13(8-22(14)21-15)20-16(23)9-1-2-9/h3-9H,1-2,18H2,(H,20,23). The van der Waals surface area contributed by atoms with Gasteiger partial charge in [-0.15, -0.1) is 5.10 Å². The average molecular weight is 327 g/mol. The van der Waals surface area contributed by atoms with Crippen molar-refractivity contribution in [3.8, 4) is 11.6 Å². The van der Waals surface area contributed by atoms with Crippen molar-refractivity contribution in [3.05, 3.63) is 42.3 Å². The van der Waals surface area contributed by atoms with Gasteiger partial charge in [0.1, 0.15) is 0 Å². The van der Waals surface area contributed by atoms with Crippen LogP contribution in [0.15, 0.2) is 36.5 Å². The molecule has 0 unspecified atom stereocenters. The molecule has 0 spiro atoms. The van der Waals surface area contributed by atoms with Crippen LogP contribution in [0.1, 0.15) is 12.8 Å². The van der Waals surface area contributed by atoms with Crippen LogP contribution in [0.25, 0.3) is 5.65 Å². The minimum absolute atomic E-state index is 0.0263. The third-order valence-corrected chi connectivity index (χ3v) is 3.67. The fourth-order valence-electron chi connectivity index (χ4n) is 2.27. The molecule has 1 aliphatic carbocycles. The van der Waals surface area contributed by atoms with Gasteiger partial charge in [0.2, 0.25) is 11.8 Å². The van der Waals surface area contributed by atoms with E-state index < -0.39 is 5.82 Å². The van der Waals surface area contributed by atoms with Crippen LogP contribution in [-0.4, -0.2) is 20.5 Å². The molecule has 0 radical (unpaired) electrons. The average Bonchev–Trinajstić information content (AvgIpc) is 3.31. The number of carbonyl (C=O) groups is 1. The van der Waals surface area contributed by atoms with Crippen molar-refractivity contribution < 1.29 is 13.9 Å². The predicted molar refractivity (Wildman–Crippen MR) is 85.2 cm³/mol. The lowest BCUT2D eigenvalue weighted by Gasteiger charge is -2.06. The van der Waals surface area contributed by atoms with Gasteiger partial charge in [-0.1, -0.05) is 0 Å². The van der Waals surface area contributed by atoms with E-state index in [4.69, 9.17) is 10.5 Å². The first kappa shape index (κ1) is 14.4. The van der Waals surface area contributed by atoms with Crippen molar-refractivity contribution >= 4 is 23.1 Å². The number of halogens is 1. The first-order valence-electron chi connectivity index (χ1n) is 7.49. The number of rotatable bonds is 4. The summed E-state index contributed by atoms with van der Waals surface area (Å²) in [5, 5.41) is 6.96. The number of nitrogens with two attached hydrogens (primary N) is 1. The lowest BCUT2D eigenvalue weighted by atomic mass is 10.3. The van der Waals surface area contributed by atoms with Crippen molar-refractivity contribution in [2.45, 2.75) is 12.8 Å². The molecule has 1 saturated carbocycles. The maximum Gasteiger partial charge on any atom is 0.237 e. The summed E-state index contributed by atoms with van der Waals surface area (Å²) in [6.45, 7) is 0. The molecule has 8 heteroatoms. The number of amides is 1. The van der Waals surface area contributed by atoms with Crippen LogP contribution in [0.3, 0.4) is 0 Å². The molecule has 1 fully saturated rings. The molecule has 4 rings (SSSR count). The van der Waals surface area contributed by atoms with Gasteiger partial charge in [0.25, 0.3) is 0 Å². The van der Waals surface area contributed by atoms with E-state index in [0.717, 1.165) is 12.8 Å². The van der Waals surface area contributed by atoms with Gasteiger partial charge in [-0.3, -0.25) is 4.79 Å². The number of carbonyl (C=O) groups excluding carboxylic acids is 1. The Morgan fingerprint density at radius 1 is 1.33 bits per heavy atom. The minimum atomic E-state index is -0.570. The van der Waals surface area contributed by atoms with E-state index in [1.807, 2.05) is 0 Å². The molecule has 3 aromatic rings. The number of hydrogen-bond donors (Lipinski definition) is 2. The van der Waals surface area contributed by atoms with Gasteiger partial charge in [0.15, 0.2) is 23.0 Å². The van der Waals surface area contributed by atoms with Gasteiger partial charge in [-0.05, 0) is 31.0 Å². The van der Waals surface area contributed by atoms with E-state index >= 15 is 0 Å². The summed E-state index contributed by atoms with van der Waals surface area (Å²) in [6.07, 6.45) is 3.42. The number of benzene rings is 1. The Morgan fingerprint density at radius 3 is 2.92 bits per heavy atom. The second kappa shape index (κ2) is 5.48. The van der Waals surface area contributed by atoms with Gasteiger partial charge >= 0.3 is 0 Å². The summed E-state index contributed by atoms with van der Waals surface area (Å²) in [5.74, 6) is 0.145. The third-order valence-electron chi connectivity index (χ3n) is 3.67. The summed E-state index contributed by atoms with van der Waals surface area (Å²) in [6, 6.07) is 7.40. The van der Waals surface area contributed by atoms with Crippen molar-refractivity contribution in [1.82, 2.24) is 14.6 Å². The maximum atomic E-state index is 13.8. The monoisotopic (exact) mass is 327 g/mol. The Kier molecular flexibility index (Phi) is 3.30. The first-order chi connectivity index (χ1) is 11.6. The molecule has 1 amide bonds. The quantitative estimate of drug-likeness (QED) is 0.718. The van der Waals surface area contributed by atoms with Crippen molar-refractivity contribution in [1.29, 1.82) is 0 Å². The van der Waals surface area contributed by atoms with Crippen LogP contribution in [0.5, 0.6) is 11.6 Å². The first-order valence-corrected chi connectivity index (χ1v) is 7.49. The van der Waals surface area contributed by atoms with E-state index in [9.17, 15) is 9.18 Å². The number of nitrogen functional groups attached to an aromatic ring is 1. The van der Waals surface area contributed by atoms with Crippen molar-refractivity contribution in [2.24, 2.45) is 5.92 Å². The molecule has 3 N–H and O–H groups in total. The predicted octanol–water partition coefficient (Wildman–Crippen LogP) is 2.59. The Labute approximate surface area is 136 Å². The molecule has 1 aliphatic rings. The maximum absolute atomic E-state index is 13.8. The van der Waals surface area contributed by atoms with Crippen LogP contribution in [-0.2, 0) is 4.79 Å². The van der Waals surface area contributed by atoms with Gasteiger partial charge < -0.3 is 15.8 Å². The lowest BCUT2D eigenvalue weighted by molar-refractivity contribution is -0.117. The third kappa shape index (κ3) is 2.85. The number of fused-ring (bicyclic) bond motifs is 1. The number of aromatic nitrogens is 3. The van der Waals surface area contributed by atoms with Crippen LogP contribution in [0.2, 0.25) is 0 Å². The second-order valence-electron chi connectivity index (χ2n) is 5.66. The molecule has 24 heavy (non-hydrogen) atoms. The number of imidazole rings is 1. The molecule has 0 atom stereocenters. The van der Waals surface area contributed by atoms with Gasteiger partial charge in [0, 0.05) is 23.7 Å². The highest BCUT2D eigenvalue weighted by Gasteiger charge is 2.30. The number of ether oxygens (including phenoxy) is 1.